The van der Waals surface area contributed by atoms with Gasteiger partial charge in [0, 0.05) is 0 Å². The van der Waals surface area contributed by atoms with E-state index in [1.54, 1.807) is 6.92 Å². The highest BCUT2D eigenvalue weighted by atomic mass is 19.3. The van der Waals surface area contributed by atoms with Gasteiger partial charge in [0.25, 0.3) is 0 Å². The average molecular weight is 394 g/mol. The fourth-order valence-corrected chi connectivity index (χ4v) is 5.55. The van der Waals surface area contributed by atoms with E-state index in [0.29, 0.717) is 6.42 Å². The molecule has 0 atom stereocenters. The molecule has 2 saturated carbocycles. The highest BCUT2D eigenvalue weighted by molar-refractivity contribution is 5.05. The Kier molecular flexibility index (Phi) is 6.18. The van der Waals surface area contributed by atoms with E-state index in [9.17, 15) is 17.6 Å². The van der Waals surface area contributed by atoms with Crippen LogP contribution in [-0.2, 0) is 9.47 Å². The molecule has 2 bridgehead atoms. The fraction of sp³-hybridized carbons (Fsp3) is 1.00. The number of hydrogen-bond donors (Lipinski definition) is 0. The lowest BCUT2D eigenvalue weighted by Gasteiger charge is -2.43. The summed E-state index contributed by atoms with van der Waals surface area (Å²) in [4.78, 5) is 0. The van der Waals surface area contributed by atoms with Crippen molar-refractivity contribution in [2.24, 2.45) is 17.3 Å². The maximum Gasteiger partial charge on any atom is 0.389 e. The van der Waals surface area contributed by atoms with E-state index in [2.05, 4.69) is 11.7 Å². The van der Waals surface area contributed by atoms with E-state index in [-0.39, 0.29) is 44.6 Å². The summed E-state index contributed by atoms with van der Waals surface area (Å²) in [6, 6.07) is 0. The molecule has 4 fully saturated rings. The molecule has 0 aromatic carbocycles. The molecule has 0 amide bonds. The zero-order chi connectivity index (χ0) is 19.8. The monoisotopic (exact) mass is 394 g/mol. The third kappa shape index (κ3) is 3.90. The Hall–Kier alpha value is -0.360. The van der Waals surface area contributed by atoms with Gasteiger partial charge < -0.3 is 4.74 Å². The predicted octanol–water partition coefficient (Wildman–Crippen LogP) is 6.92. The molecule has 2 aliphatic carbocycles. The Balaban J connectivity index is 1.67. The molecule has 158 valence electrons. The maximum atomic E-state index is 14.8. The Bertz CT molecular complexity index is 492. The van der Waals surface area contributed by atoms with Gasteiger partial charge >= 0.3 is 12.2 Å². The van der Waals surface area contributed by atoms with Gasteiger partial charge in [-0.1, -0.05) is 46.0 Å². The van der Waals surface area contributed by atoms with E-state index >= 15 is 0 Å². The maximum absolute atomic E-state index is 14.8. The molecule has 2 heterocycles. The van der Waals surface area contributed by atoms with Crippen molar-refractivity contribution in [3.8, 4) is 0 Å². The average Bonchev–Trinajstić information content (AvgIpc) is 2.71. The van der Waals surface area contributed by atoms with Crippen LogP contribution in [0.5, 0.6) is 0 Å². The quantitative estimate of drug-likeness (QED) is 0.436. The number of halogens is 4. The zero-order valence-corrected chi connectivity index (χ0v) is 16.7. The normalized spacial score (nSPS) is 40.7. The molecule has 6 heteroatoms. The molecule has 4 rings (SSSR count). The van der Waals surface area contributed by atoms with E-state index in [0.717, 1.165) is 31.6 Å². The SMILES string of the molecule is CCCC1CCC(COC23CCC(CCC)(CC2)C(F)(F)OC3(F)F)CC1. The van der Waals surface area contributed by atoms with Crippen LogP contribution in [-0.4, -0.2) is 24.4 Å². The first-order valence-corrected chi connectivity index (χ1v) is 10.8. The van der Waals surface area contributed by atoms with Gasteiger partial charge in [-0.2, -0.15) is 17.6 Å². The van der Waals surface area contributed by atoms with Crippen molar-refractivity contribution in [2.75, 3.05) is 6.61 Å². The Morgan fingerprint density at radius 3 is 1.96 bits per heavy atom. The summed E-state index contributed by atoms with van der Waals surface area (Å²) in [7, 11) is 0. The summed E-state index contributed by atoms with van der Waals surface area (Å²) in [6.45, 7) is 4.21. The summed E-state index contributed by atoms with van der Waals surface area (Å²) in [6.07, 6.45) is -0.516. The smallest absolute Gasteiger partial charge is 0.366 e. The highest BCUT2D eigenvalue weighted by Crippen LogP contribution is 2.63. The summed E-state index contributed by atoms with van der Waals surface area (Å²) in [5, 5.41) is 0. The highest BCUT2D eigenvalue weighted by Gasteiger charge is 2.72. The van der Waals surface area contributed by atoms with Crippen molar-refractivity contribution in [1.82, 2.24) is 0 Å². The lowest BCUT2D eigenvalue weighted by molar-refractivity contribution is -0.427. The van der Waals surface area contributed by atoms with E-state index in [1.165, 1.54) is 12.8 Å². The van der Waals surface area contributed by atoms with Crippen LogP contribution in [0.1, 0.15) is 90.9 Å². The predicted molar refractivity (Wildman–Crippen MR) is 95.8 cm³/mol. The molecule has 4 aliphatic rings. The van der Waals surface area contributed by atoms with Gasteiger partial charge in [0.05, 0.1) is 12.0 Å². The van der Waals surface area contributed by atoms with Crippen LogP contribution < -0.4 is 0 Å². The Morgan fingerprint density at radius 1 is 0.815 bits per heavy atom. The van der Waals surface area contributed by atoms with Crippen LogP contribution in [0.25, 0.3) is 0 Å². The summed E-state index contributed by atoms with van der Waals surface area (Å²) < 4.78 is 68.9. The number of ether oxygens (including phenoxy) is 2. The third-order valence-electron chi connectivity index (χ3n) is 7.41. The number of alkyl halides is 4. The first-order valence-electron chi connectivity index (χ1n) is 10.8. The van der Waals surface area contributed by atoms with Gasteiger partial charge in [-0.05, 0) is 56.8 Å². The van der Waals surface area contributed by atoms with Crippen LogP contribution >= 0.6 is 0 Å². The van der Waals surface area contributed by atoms with Crippen LogP contribution in [0.15, 0.2) is 0 Å². The second-order valence-electron chi connectivity index (χ2n) is 9.15. The van der Waals surface area contributed by atoms with Crippen molar-refractivity contribution in [3.63, 3.8) is 0 Å². The molecule has 0 N–H and O–H groups in total. The first-order chi connectivity index (χ1) is 12.7. The van der Waals surface area contributed by atoms with Crippen LogP contribution in [0.3, 0.4) is 0 Å². The second-order valence-corrected chi connectivity index (χ2v) is 9.15. The van der Waals surface area contributed by atoms with Crippen LogP contribution in [0.4, 0.5) is 17.6 Å². The van der Waals surface area contributed by atoms with Gasteiger partial charge in [0.15, 0.2) is 5.60 Å². The van der Waals surface area contributed by atoms with E-state index in [4.69, 9.17) is 4.74 Å². The number of rotatable bonds is 7. The molecule has 0 unspecified atom stereocenters. The van der Waals surface area contributed by atoms with Gasteiger partial charge in [-0.3, -0.25) is 4.74 Å². The lowest BCUT2D eigenvalue weighted by atomic mass is 9.66. The van der Waals surface area contributed by atoms with Crippen molar-refractivity contribution in [3.05, 3.63) is 0 Å². The van der Waals surface area contributed by atoms with Crippen LogP contribution in [0, 0.1) is 17.3 Å². The molecule has 2 aliphatic heterocycles. The van der Waals surface area contributed by atoms with Gasteiger partial charge in [-0.25, -0.2) is 0 Å². The standard InChI is InChI=1S/C21H34F4O2/c1-3-5-16-6-8-17(9-7-16)15-26-19-13-11-18(10-4-2,12-14-19)20(22,23)27-21(19,24)25/h16-17H,3-15H2,1-2H3. The minimum atomic E-state index is -3.96. The minimum Gasteiger partial charge on any atom is -0.366 e. The van der Waals surface area contributed by atoms with Gasteiger partial charge in [0.1, 0.15) is 0 Å². The molecule has 27 heavy (non-hydrogen) atoms. The topological polar surface area (TPSA) is 18.5 Å². The largest absolute Gasteiger partial charge is 0.389 e. The number of fused-ring (bicyclic) bond motifs is 4. The van der Waals surface area contributed by atoms with E-state index in [1.807, 2.05) is 0 Å². The van der Waals surface area contributed by atoms with Crippen LogP contribution in [0.2, 0.25) is 0 Å². The van der Waals surface area contributed by atoms with E-state index < -0.39 is 23.2 Å². The minimum absolute atomic E-state index is 0.0344. The summed E-state index contributed by atoms with van der Waals surface area (Å²) in [5.74, 6) is 0.976. The molecule has 0 aromatic rings. The summed E-state index contributed by atoms with van der Waals surface area (Å²) in [5.41, 5.74) is -3.38. The Labute approximate surface area is 160 Å². The fourth-order valence-electron chi connectivity index (χ4n) is 5.55. The zero-order valence-electron chi connectivity index (χ0n) is 16.7. The van der Waals surface area contributed by atoms with Crippen molar-refractivity contribution in [2.45, 2.75) is 109 Å². The Morgan fingerprint density at radius 2 is 1.41 bits per heavy atom. The molecular formula is C21H34F4O2. The first kappa shape index (κ1) is 21.4. The third-order valence-corrected chi connectivity index (χ3v) is 7.41. The van der Waals surface area contributed by atoms with Gasteiger partial charge in [-0.15, -0.1) is 0 Å². The van der Waals surface area contributed by atoms with Crippen molar-refractivity contribution < 1.29 is 27.0 Å². The van der Waals surface area contributed by atoms with Crippen molar-refractivity contribution >= 4 is 0 Å². The molecule has 2 saturated heterocycles. The summed E-state index contributed by atoms with van der Waals surface area (Å²) >= 11 is 0. The molecule has 0 aromatic heterocycles. The van der Waals surface area contributed by atoms with Crippen molar-refractivity contribution in [1.29, 1.82) is 0 Å². The molecule has 0 radical (unpaired) electrons. The molecule has 0 spiro atoms. The van der Waals surface area contributed by atoms with Gasteiger partial charge in [0.2, 0.25) is 0 Å². The molecule has 2 nitrogen and oxygen atoms in total. The lowest BCUT2D eigenvalue weighted by Crippen LogP contribution is -2.52. The second kappa shape index (κ2) is 7.81. The molecular weight excluding hydrogens is 360 g/mol. The number of hydrogen-bond acceptors (Lipinski definition) is 2.